The van der Waals surface area contributed by atoms with Crippen molar-refractivity contribution in [1.82, 2.24) is 5.43 Å². The van der Waals surface area contributed by atoms with Crippen LogP contribution in [0.15, 0.2) is 66.2 Å². The van der Waals surface area contributed by atoms with E-state index in [1.54, 1.807) is 48.5 Å². The van der Waals surface area contributed by atoms with Crippen LogP contribution in [-0.4, -0.2) is 11.8 Å². The lowest BCUT2D eigenvalue weighted by Gasteiger charge is -2.14. The highest BCUT2D eigenvalue weighted by Crippen LogP contribution is 2.36. The summed E-state index contributed by atoms with van der Waals surface area (Å²) in [7, 11) is 0. The Labute approximate surface area is 204 Å². The van der Waals surface area contributed by atoms with Gasteiger partial charge in [0.2, 0.25) is 0 Å². The molecule has 4 rings (SSSR count). The van der Waals surface area contributed by atoms with Crippen LogP contribution in [0.4, 0.5) is 5.69 Å². The number of halogens is 4. The number of nitrogens with one attached hydrogen (secondary N) is 1. The molecule has 2 amide bonds. The molecule has 1 heterocycles. The molecule has 0 spiro atoms. The summed E-state index contributed by atoms with van der Waals surface area (Å²) in [5, 5.41) is 2.57. The van der Waals surface area contributed by atoms with Crippen molar-refractivity contribution >= 4 is 70.0 Å². The fourth-order valence-corrected chi connectivity index (χ4v) is 4.20. The van der Waals surface area contributed by atoms with Gasteiger partial charge < -0.3 is 4.74 Å². The van der Waals surface area contributed by atoms with E-state index in [2.05, 4.69) is 5.43 Å². The van der Waals surface area contributed by atoms with Crippen molar-refractivity contribution < 1.29 is 14.3 Å². The van der Waals surface area contributed by atoms with Gasteiger partial charge in [-0.15, -0.1) is 0 Å². The minimum atomic E-state index is -0.560. The molecule has 1 aliphatic rings. The molecular formula is C23H14Cl4N2O3. The second-order valence-electron chi connectivity index (χ2n) is 6.77. The highest BCUT2D eigenvalue weighted by molar-refractivity contribution is 6.37. The van der Waals surface area contributed by atoms with Crippen molar-refractivity contribution in [3.8, 4) is 5.75 Å². The van der Waals surface area contributed by atoms with Crippen LogP contribution >= 0.6 is 46.4 Å². The van der Waals surface area contributed by atoms with Crippen molar-refractivity contribution in [3.05, 3.63) is 97.5 Å². The fourth-order valence-electron chi connectivity index (χ4n) is 3.13. The normalized spacial score (nSPS) is 14.8. The van der Waals surface area contributed by atoms with Gasteiger partial charge in [-0.2, -0.15) is 0 Å². The minimum Gasteiger partial charge on any atom is -0.487 e. The number of hydrogen-bond acceptors (Lipinski definition) is 3. The molecule has 3 aromatic rings. The summed E-state index contributed by atoms with van der Waals surface area (Å²) in [5.74, 6) is -0.842. The van der Waals surface area contributed by atoms with Crippen LogP contribution in [0.1, 0.15) is 11.1 Å². The molecule has 0 saturated carbocycles. The standard InChI is InChI=1S/C23H14Cl4N2O3/c24-14-9-13(10-16-22(30)28-29(23(16)31)15-5-2-1-3-6-15)21(20(27)11-14)32-12-17-18(25)7-4-8-19(17)26/h1-11H,12H2,(H,28,30)/b16-10-. The number of nitrogens with zero attached hydrogens (tertiary/aromatic N) is 1. The zero-order valence-corrected chi connectivity index (χ0v) is 19.3. The number of hydrazine groups is 1. The summed E-state index contributed by atoms with van der Waals surface area (Å²) in [6, 6.07) is 16.9. The van der Waals surface area contributed by atoms with Gasteiger partial charge in [-0.05, 0) is 42.5 Å². The zero-order valence-electron chi connectivity index (χ0n) is 16.2. The van der Waals surface area contributed by atoms with Crippen LogP contribution in [0.3, 0.4) is 0 Å². The second kappa shape index (κ2) is 9.43. The number of carbonyl (C=O) groups is 2. The number of ether oxygens (including phenoxy) is 1. The molecule has 1 aliphatic heterocycles. The molecule has 1 N–H and O–H groups in total. The zero-order chi connectivity index (χ0) is 22.8. The molecule has 9 heteroatoms. The van der Waals surface area contributed by atoms with E-state index < -0.39 is 11.8 Å². The van der Waals surface area contributed by atoms with Crippen LogP contribution < -0.4 is 15.2 Å². The molecule has 3 aromatic carbocycles. The Balaban J connectivity index is 1.69. The molecular weight excluding hydrogens is 494 g/mol. The Morgan fingerprint density at radius 1 is 0.875 bits per heavy atom. The first-order valence-electron chi connectivity index (χ1n) is 9.32. The van der Waals surface area contributed by atoms with Crippen LogP contribution in [0.2, 0.25) is 20.1 Å². The molecule has 0 bridgehead atoms. The van der Waals surface area contributed by atoms with E-state index in [4.69, 9.17) is 51.1 Å². The van der Waals surface area contributed by atoms with Gasteiger partial charge in [0, 0.05) is 26.2 Å². The number of hydrogen-bond donors (Lipinski definition) is 1. The summed E-state index contributed by atoms with van der Waals surface area (Å²) in [6.45, 7) is 0.0202. The van der Waals surface area contributed by atoms with E-state index in [9.17, 15) is 9.59 Å². The molecule has 0 aromatic heterocycles. The predicted octanol–water partition coefficient (Wildman–Crippen LogP) is 6.34. The summed E-state index contributed by atoms with van der Waals surface area (Å²) >= 11 is 25.0. The number of carbonyl (C=O) groups excluding carboxylic acids is 2. The van der Waals surface area contributed by atoms with Crippen molar-refractivity contribution in [2.75, 3.05) is 5.01 Å². The van der Waals surface area contributed by atoms with Crippen molar-refractivity contribution in [2.45, 2.75) is 6.61 Å². The first-order valence-corrected chi connectivity index (χ1v) is 10.8. The number of amides is 2. The summed E-state index contributed by atoms with van der Waals surface area (Å²) in [4.78, 5) is 25.4. The number of rotatable bonds is 5. The number of anilines is 1. The lowest BCUT2D eigenvalue weighted by atomic mass is 10.1. The van der Waals surface area contributed by atoms with Gasteiger partial charge in [0.05, 0.1) is 10.7 Å². The molecule has 5 nitrogen and oxygen atoms in total. The number of benzene rings is 3. The van der Waals surface area contributed by atoms with E-state index >= 15 is 0 Å². The van der Waals surface area contributed by atoms with Gasteiger partial charge in [-0.1, -0.05) is 70.7 Å². The smallest absolute Gasteiger partial charge is 0.282 e. The van der Waals surface area contributed by atoms with E-state index in [1.807, 2.05) is 6.07 Å². The van der Waals surface area contributed by atoms with E-state index in [0.717, 1.165) is 0 Å². The van der Waals surface area contributed by atoms with Crippen LogP contribution in [0, 0.1) is 0 Å². The van der Waals surface area contributed by atoms with Gasteiger partial charge in [-0.3, -0.25) is 15.0 Å². The third-order valence-corrected chi connectivity index (χ3v) is 5.87. The third kappa shape index (κ3) is 4.57. The van der Waals surface area contributed by atoms with Crippen molar-refractivity contribution in [3.63, 3.8) is 0 Å². The molecule has 0 radical (unpaired) electrons. The van der Waals surface area contributed by atoms with Gasteiger partial charge >= 0.3 is 0 Å². The monoisotopic (exact) mass is 506 g/mol. The maximum atomic E-state index is 12.9. The lowest BCUT2D eigenvalue weighted by molar-refractivity contribution is -0.117. The van der Waals surface area contributed by atoms with Gasteiger partial charge in [-0.25, -0.2) is 5.01 Å². The maximum absolute atomic E-state index is 12.9. The Morgan fingerprint density at radius 2 is 1.56 bits per heavy atom. The van der Waals surface area contributed by atoms with Gasteiger partial charge in [0.25, 0.3) is 11.8 Å². The van der Waals surface area contributed by atoms with Crippen LogP contribution in [0.25, 0.3) is 6.08 Å². The third-order valence-electron chi connectivity index (χ3n) is 4.67. The first kappa shape index (κ1) is 22.5. The van der Waals surface area contributed by atoms with Crippen LogP contribution in [0.5, 0.6) is 5.75 Å². The lowest BCUT2D eigenvalue weighted by Crippen LogP contribution is -2.35. The fraction of sp³-hybridized carbons (Fsp3) is 0.0435. The number of para-hydroxylation sites is 1. The highest BCUT2D eigenvalue weighted by atomic mass is 35.5. The van der Waals surface area contributed by atoms with E-state index in [-0.39, 0.29) is 23.0 Å². The summed E-state index contributed by atoms with van der Waals surface area (Å²) in [5.41, 5.74) is 3.92. The average molecular weight is 508 g/mol. The molecule has 0 atom stereocenters. The van der Waals surface area contributed by atoms with Gasteiger partial charge in [0.1, 0.15) is 17.9 Å². The second-order valence-corrected chi connectivity index (χ2v) is 8.43. The molecule has 0 unspecified atom stereocenters. The van der Waals surface area contributed by atoms with Crippen LogP contribution in [-0.2, 0) is 16.2 Å². The van der Waals surface area contributed by atoms with Gasteiger partial charge in [0.15, 0.2) is 0 Å². The first-order chi connectivity index (χ1) is 15.3. The molecule has 1 saturated heterocycles. The Morgan fingerprint density at radius 3 is 2.25 bits per heavy atom. The summed E-state index contributed by atoms with van der Waals surface area (Å²) < 4.78 is 5.90. The summed E-state index contributed by atoms with van der Waals surface area (Å²) in [6.07, 6.45) is 1.39. The van der Waals surface area contributed by atoms with E-state index in [0.29, 0.717) is 31.9 Å². The Hall–Kier alpha value is -2.70. The topological polar surface area (TPSA) is 58.6 Å². The highest BCUT2D eigenvalue weighted by Gasteiger charge is 2.34. The minimum absolute atomic E-state index is 0.0202. The van der Waals surface area contributed by atoms with Crippen molar-refractivity contribution in [1.29, 1.82) is 0 Å². The molecule has 162 valence electrons. The predicted molar refractivity (Wildman–Crippen MR) is 127 cm³/mol. The maximum Gasteiger partial charge on any atom is 0.282 e. The quantitative estimate of drug-likeness (QED) is 0.323. The molecule has 0 aliphatic carbocycles. The largest absolute Gasteiger partial charge is 0.487 e. The Bertz CT molecular complexity index is 1230. The van der Waals surface area contributed by atoms with E-state index in [1.165, 1.54) is 17.2 Å². The SMILES string of the molecule is O=C1NN(c2ccccc2)C(=O)/C1=C\c1cc(Cl)cc(Cl)c1OCc1c(Cl)cccc1Cl. The van der Waals surface area contributed by atoms with Crippen molar-refractivity contribution in [2.24, 2.45) is 0 Å². The molecule has 1 fully saturated rings. The molecule has 32 heavy (non-hydrogen) atoms. The Kier molecular flexibility index (Phi) is 6.63. The average Bonchev–Trinajstić information content (AvgIpc) is 3.03.